The van der Waals surface area contributed by atoms with E-state index in [1.54, 1.807) is 24.3 Å². The van der Waals surface area contributed by atoms with Crippen molar-refractivity contribution in [2.45, 2.75) is 50.8 Å². The molecule has 0 aliphatic heterocycles. The lowest BCUT2D eigenvalue weighted by Crippen LogP contribution is -2.47. The van der Waals surface area contributed by atoms with Crippen molar-refractivity contribution in [3.8, 4) is 5.75 Å². The van der Waals surface area contributed by atoms with E-state index < -0.39 is 45.3 Å². The van der Waals surface area contributed by atoms with Gasteiger partial charge < -0.3 is 19.9 Å². The van der Waals surface area contributed by atoms with Gasteiger partial charge in [0.25, 0.3) is 5.91 Å². The number of halogens is 3. The molecule has 0 fully saturated rings. The molecule has 3 unspecified atom stereocenters. The highest BCUT2D eigenvalue weighted by atomic mass is 32.2. The second-order valence-electron chi connectivity index (χ2n) is 9.90. The average molecular weight is 597 g/mol. The highest BCUT2D eigenvalue weighted by Crippen LogP contribution is 2.27. The van der Waals surface area contributed by atoms with E-state index in [1.807, 2.05) is 13.8 Å². The normalized spacial score (nSPS) is 14.3. The van der Waals surface area contributed by atoms with E-state index in [4.69, 9.17) is 0 Å². The molecule has 14 heteroatoms. The van der Waals surface area contributed by atoms with E-state index >= 15 is 0 Å². The van der Waals surface area contributed by atoms with Crippen LogP contribution in [-0.2, 0) is 21.3 Å². The zero-order chi connectivity index (χ0) is 30.4. The number of fused-ring (bicyclic) bond motifs is 1. The van der Waals surface area contributed by atoms with Crippen molar-refractivity contribution in [1.82, 2.24) is 20.6 Å². The molecular formula is C27H31F3N4O6S. The first-order valence-corrected chi connectivity index (χ1v) is 14.1. The minimum Gasteiger partial charge on any atom is -0.391 e. The van der Waals surface area contributed by atoms with Crippen LogP contribution in [0.4, 0.5) is 13.2 Å². The number of aliphatic hydroxyl groups excluding tert-OH is 1. The number of amides is 2. The topological polar surface area (TPSA) is 148 Å². The lowest BCUT2D eigenvalue weighted by molar-refractivity contribution is -0.126. The molecule has 3 N–H and O–H groups in total. The molecule has 3 rings (SSSR count). The summed E-state index contributed by atoms with van der Waals surface area (Å²) < 4.78 is 64.7. The van der Waals surface area contributed by atoms with Gasteiger partial charge in [-0.2, -0.15) is 21.6 Å². The Morgan fingerprint density at radius 3 is 2.24 bits per heavy atom. The van der Waals surface area contributed by atoms with Gasteiger partial charge in [-0.3, -0.25) is 14.6 Å². The summed E-state index contributed by atoms with van der Waals surface area (Å²) in [6.45, 7) is 3.87. The minimum absolute atomic E-state index is 0.00737. The summed E-state index contributed by atoms with van der Waals surface area (Å²) in [5, 5.41) is 16.5. The zero-order valence-corrected chi connectivity index (χ0v) is 23.4. The number of para-hydroxylation sites is 2. The summed E-state index contributed by atoms with van der Waals surface area (Å²) in [6.07, 6.45) is 0.558. The molecule has 0 spiro atoms. The van der Waals surface area contributed by atoms with Crippen molar-refractivity contribution in [2.75, 3.05) is 7.05 Å². The van der Waals surface area contributed by atoms with Crippen LogP contribution in [0.25, 0.3) is 11.0 Å². The monoisotopic (exact) mass is 596 g/mol. The SMILES string of the molecule is CNC(=O)C(CC(C)C)CC(O)C(Cc1ccc(OS(=O)(=O)C(F)(F)F)cc1)NC(=O)c1cnc2ccccc2n1. The third-order valence-corrected chi connectivity index (χ3v) is 7.21. The molecule has 0 aliphatic rings. The number of nitrogens with zero attached hydrogens (tertiary/aromatic N) is 2. The minimum atomic E-state index is -5.84. The molecule has 222 valence electrons. The van der Waals surface area contributed by atoms with Gasteiger partial charge in [-0.25, -0.2) is 4.98 Å². The summed E-state index contributed by atoms with van der Waals surface area (Å²) in [7, 11) is -4.36. The number of alkyl halides is 3. The van der Waals surface area contributed by atoms with Crippen molar-refractivity contribution < 1.29 is 40.5 Å². The zero-order valence-electron chi connectivity index (χ0n) is 22.6. The Hall–Kier alpha value is -3.78. The third-order valence-electron chi connectivity index (χ3n) is 6.23. The van der Waals surface area contributed by atoms with Crippen LogP contribution < -0.4 is 14.8 Å². The van der Waals surface area contributed by atoms with Crippen LogP contribution in [0.1, 0.15) is 42.7 Å². The van der Waals surface area contributed by atoms with E-state index in [0.29, 0.717) is 23.0 Å². The van der Waals surface area contributed by atoms with Crippen molar-refractivity contribution in [3.63, 3.8) is 0 Å². The number of rotatable bonds is 12. The fourth-order valence-corrected chi connectivity index (χ4v) is 4.70. The van der Waals surface area contributed by atoms with Gasteiger partial charge in [0.15, 0.2) is 0 Å². The van der Waals surface area contributed by atoms with Gasteiger partial charge in [-0.05, 0) is 55.0 Å². The van der Waals surface area contributed by atoms with Gasteiger partial charge in [0.2, 0.25) is 5.91 Å². The summed E-state index contributed by atoms with van der Waals surface area (Å²) >= 11 is 0. The number of hydrogen-bond donors (Lipinski definition) is 3. The summed E-state index contributed by atoms with van der Waals surface area (Å²) in [4.78, 5) is 34.2. The Morgan fingerprint density at radius 1 is 1.02 bits per heavy atom. The molecule has 3 atom stereocenters. The van der Waals surface area contributed by atoms with Crippen molar-refractivity contribution >= 4 is 33.0 Å². The first-order chi connectivity index (χ1) is 19.2. The first kappa shape index (κ1) is 31.7. The van der Waals surface area contributed by atoms with Gasteiger partial charge >= 0.3 is 15.6 Å². The molecule has 2 amide bonds. The first-order valence-electron chi connectivity index (χ1n) is 12.7. The molecule has 0 bridgehead atoms. The predicted molar refractivity (Wildman–Crippen MR) is 144 cm³/mol. The largest absolute Gasteiger partial charge is 0.534 e. The number of benzene rings is 2. The van der Waals surface area contributed by atoms with Crippen molar-refractivity contribution in [3.05, 3.63) is 66.0 Å². The number of aromatic nitrogens is 2. The van der Waals surface area contributed by atoms with Crippen LogP contribution in [-0.4, -0.2) is 60.0 Å². The summed E-state index contributed by atoms with van der Waals surface area (Å²) in [6, 6.07) is 10.7. The highest BCUT2D eigenvalue weighted by molar-refractivity contribution is 7.88. The second kappa shape index (κ2) is 13.3. The maximum Gasteiger partial charge on any atom is 0.534 e. The van der Waals surface area contributed by atoms with Crippen molar-refractivity contribution in [2.24, 2.45) is 11.8 Å². The quantitative estimate of drug-likeness (QED) is 0.213. The van der Waals surface area contributed by atoms with E-state index in [1.165, 1.54) is 25.4 Å². The van der Waals surface area contributed by atoms with Crippen LogP contribution in [0.2, 0.25) is 0 Å². The number of aliphatic hydroxyl groups is 1. The van der Waals surface area contributed by atoms with Crippen LogP contribution >= 0.6 is 0 Å². The Kier molecular flexibility index (Phi) is 10.3. The van der Waals surface area contributed by atoms with E-state index in [-0.39, 0.29) is 30.4 Å². The van der Waals surface area contributed by atoms with E-state index in [0.717, 1.165) is 12.1 Å². The van der Waals surface area contributed by atoms with Crippen molar-refractivity contribution in [1.29, 1.82) is 0 Å². The predicted octanol–water partition coefficient (Wildman–Crippen LogP) is 3.36. The highest BCUT2D eigenvalue weighted by Gasteiger charge is 2.48. The van der Waals surface area contributed by atoms with Crippen LogP contribution in [0.5, 0.6) is 5.75 Å². The number of nitrogens with one attached hydrogen (secondary N) is 2. The fourth-order valence-electron chi connectivity index (χ4n) is 4.24. The molecule has 1 aromatic heterocycles. The van der Waals surface area contributed by atoms with Gasteiger partial charge in [-0.15, -0.1) is 0 Å². The Bertz CT molecular complexity index is 1470. The van der Waals surface area contributed by atoms with Gasteiger partial charge in [-0.1, -0.05) is 38.1 Å². The molecule has 2 aromatic carbocycles. The molecule has 41 heavy (non-hydrogen) atoms. The molecular weight excluding hydrogens is 565 g/mol. The smallest absolute Gasteiger partial charge is 0.391 e. The van der Waals surface area contributed by atoms with Gasteiger partial charge in [0.05, 0.1) is 29.4 Å². The lowest BCUT2D eigenvalue weighted by atomic mass is 9.87. The van der Waals surface area contributed by atoms with Crippen LogP contribution in [0.15, 0.2) is 54.7 Å². The molecule has 0 saturated heterocycles. The van der Waals surface area contributed by atoms with E-state index in [2.05, 4.69) is 24.8 Å². The maximum atomic E-state index is 13.2. The molecule has 3 aromatic rings. The van der Waals surface area contributed by atoms with E-state index in [9.17, 15) is 36.3 Å². The van der Waals surface area contributed by atoms with Gasteiger partial charge in [0, 0.05) is 13.0 Å². The molecule has 1 heterocycles. The Morgan fingerprint density at radius 2 is 1.66 bits per heavy atom. The standard InChI is InChI=1S/C27H31F3N4O6S/c1-16(2)12-18(25(36)31-3)14-24(35)22(34-26(37)23-15-32-20-6-4-5-7-21(20)33-23)13-17-8-10-19(11-9-17)40-41(38,39)27(28,29)30/h4-11,15-16,18,22,24,35H,12-14H2,1-3H3,(H,31,36)(H,34,37). The summed E-state index contributed by atoms with van der Waals surface area (Å²) in [5.41, 5.74) is -4.09. The lowest BCUT2D eigenvalue weighted by Gasteiger charge is -2.28. The number of hydrogen-bond acceptors (Lipinski definition) is 8. The molecule has 0 radical (unpaired) electrons. The fraction of sp³-hybridized carbons (Fsp3) is 0.407. The Labute approximate surface area is 235 Å². The van der Waals surface area contributed by atoms with Crippen LogP contribution in [0, 0.1) is 11.8 Å². The molecule has 0 aliphatic carbocycles. The molecule has 0 saturated carbocycles. The number of carbonyl (C=O) groups excluding carboxylic acids is 2. The van der Waals surface area contributed by atoms with Crippen LogP contribution in [0.3, 0.4) is 0 Å². The maximum absolute atomic E-state index is 13.2. The molecule has 10 nitrogen and oxygen atoms in total. The second-order valence-corrected chi connectivity index (χ2v) is 11.4. The average Bonchev–Trinajstić information content (AvgIpc) is 2.91. The summed E-state index contributed by atoms with van der Waals surface area (Å²) in [5.74, 6) is -1.88. The third kappa shape index (κ3) is 8.60. The van der Waals surface area contributed by atoms with Gasteiger partial charge in [0.1, 0.15) is 11.4 Å². The number of carbonyl (C=O) groups is 2. The Balaban J connectivity index is 1.85.